The number of fused-ring (bicyclic) bond motifs is 1. The largest absolute Gasteiger partial charge is 0.486 e. The van der Waals surface area contributed by atoms with Gasteiger partial charge in [-0.15, -0.1) is 0 Å². The van der Waals surface area contributed by atoms with Crippen LogP contribution in [-0.4, -0.2) is 39.5 Å². The number of rotatable bonds is 6. The predicted octanol–water partition coefficient (Wildman–Crippen LogP) is 2.48. The summed E-state index contributed by atoms with van der Waals surface area (Å²) in [6, 6.07) is 7.85. The van der Waals surface area contributed by atoms with E-state index in [2.05, 4.69) is 31.3 Å². The molecule has 9 nitrogen and oxygen atoms in total. The molecule has 3 N–H and O–H groups in total. The van der Waals surface area contributed by atoms with Gasteiger partial charge < -0.3 is 20.1 Å². The Kier molecular flexibility index (Phi) is 6.64. The minimum absolute atomic E-state index is 0.0308. The molecule has 0 saturated heterocycles. The van der Waals surface area contributed by atoms with Gasteiger partial charge in [0, 0.05) is 29.2 Å². The number of amides is 2. The molecular weight excluding hydrogens is 478 g/mol. The van der Waals surface area contributed by atoms with Gasteiger partial charge in [-0.3, -0.25) is 9.59 Å². The monoisotopic (exact) mass is 497 g/mol. The summed E-state index contributed by atoms with van der Waals surface area (Å²) in [7, 11) is -3.95. The van der Waals surface area contributed by atoms with E-state index in [1.54, 1.807) is 12.1 Å². The van der Waals surface area contributed by atoms with E-state index in [9.17, 15) is 18.0 Å². The molecule has 30 heavy (non-hydrogen) atoms. The van der Waals surface area contributed by atoms with E-state index in [4.69, 9.17) is 9.47 Å². The molecule has 0 aliphatic carbocycles. The summed E-state index contributed by atoms with van der Waals surface area (Å²) in [6.45, 7) is 3.63. The second kappa shape index (κ2) is 9.02. The first kappa shape index (κ1) is 22.1. The molecule has 2 aromatic carbocycles. The zero-order valence-electron chi connectivity index (χ0n) is 16.2. The molecule has 1 aliphatic heterocycles. The van der Waals surface area contributed by atoms with E-state index in [1.165, 1.54) is 38.1 Å². The Labute approximate surface area is 182 Å². The van der Waals surface area contributed by atoms with Crippen molar-refractivity contribution in [2.75, 3.05) is 23.8 Å². The van der Waals surface area contributed by atoms with Gasteiger partial charge in [0.05, 0.1) is 16.6 Å². The molecule has 2 amide bonds. The molecule has 1 aliphatic rings. The fourth-order valence-electron chi connectivity index (χ4n) is 2.68. The summed E-state index contributed by atoms with van der Waals surface area (Å²) in [4.78, 5) is 23.6. The van der Waals surface area contributed by atoms with E-state index in [-0.39, 0.29) is 10.8 Å². The summed E-state index contributed by atoms with van der Waals surface area (Å²) in [5, 5.41) is 5.22. The van der Waals surface area contributed by atoms with Crippen LogP contribution < -0.4 is 24.8 Å². The summed E-state index contributed by atoms with van der Waals surface area (Å²) >= 11 is 3.36. The van der Waals surface area contributed by atoms with E-state index in [0.717, 1.165) is 0 Å². The van der Waals surface area contributed by atoms with Crippen molar-refractivity contribution in [2.45, 2.75) is 24.8 Å². The number of carbonyl (C=O) groups excluding carboxylic acids is 2. The Morgan fingerprint density at radius 3 is 2.23 bits per heavy atom. The number of hydrogen-bond acceptors (Lipinski definition) is 6. The quantitative estimate of drug-likeness (QED) is 0.563. The zero-order valence-corrected chi connectivity index (χ0v) is 18.6. The van der Waals surface area contributed by atoms with Crippen LogP contribution in [0.1, 0.15) is 13.8 Å². The second-order valence-electron chi connectivity index (χ2n) is 6.51. The summed E-state index contributed by atoms with van der Waals surface area (Å²) in [5.41, 5.74) is 0.894. The van der Waals surface area contributed by atoms with Crippen molar-refractivity contribution in [3.05, 3.63) is 40.9 Å². The highest BCUT2D eigenvalue weighted by molar-refractivity contribution is 9.10. The number of ether oxygens (including phenoxy) is 2. The number of benzene rings is 2. The highest BCUT2D eigenvalue weighted by Gasteiger charge is 2.23. The lowest BCUT2D eigenvalue weighted by molar-refractivity contribution is -0.117. The molecule has 1 heterocycles. The highest BCUT2D eigenvalue weighted by Crippen LogP contribution is 2.38. The Morgan fingerprint density at radius 1 is 1.03 bits per heavy atom. The maximum atomic E-state index is 12.6. The molecule has 0 spiro atoms. The van der Waals surface area contributed by atoms with Gasteiger partial charge >= 0.3 is 0 Å². The molecule has 0 fully saturated rings. The summed E-state index contributed by atoms with van der Waals surface area (Å²) in [6.07, 6.45) is 0. The minimum Gasteiger partial charge on any atom is -0.486 e. The molecule has 1 atom stereocenters. The van der Waals surface area contributed by atoms with Crippen molar-refractivity contribution < 1.29 is 27.5 Å². The van der Waals surface area contributed by atoms with Gasteiger partial charge in [0.2, 0.25) is 21.8 Å². The molecule has 3 rings (SSSR count). The van der Waals surface area contributed by atoms with Crippen LogP contribution >= 0.6 is 15.9 Å². The fraction of sp³-hybridized carbons (Fsp3) is 0.263. The molecule has 0 bridgehead atoms. The van der Waals surface area contributed by atoms with Gasteiger partial charge in [-0.1, -0.05) is 0 Å². The molecule has 11 heteroatoms. The Hall–Kier alpha value is -2.63. The van der Waals surface area contributed by atoms with E-state index in [0.29, 0.717) is 40.6 Å². The SMILES string of the molecule is CC(=O)Nc1ccc(S(=O)(=O)N[C@@H](C)C(=O)Nc2cc3c(cc2Br)OCCO3)cc1. The van der Waals surface area contributed by atoms with Gasteiger partial charge in [-0.05, 0) is 47.1 Å². The number of carbonyl (C=O) groups is 2. The third-order valence-electron chi connectivity index (χ3n) is 4.10. The van der Waals surface area contributed by atoms with Gasteiger partial charge in [0.1, 0.15) is 13.2 Å². The maximum Gasteiger partial charge on any atom is 0.242 e. The van der Waals surface area contributed by atoms with Crippen molar-refractivity contribution >= 4 is 49.1 Å². The Bertz CT molecular complexity index is 1070. The van der Waals surface area contributed by atoms with E-state index < -0.39 is 22.0 Å². The van der Waals surface area contributed by atoms with Crippen LogP contribution in [0.4, 0.5) is 11.4 Å². The highest BCUT2D eigenvalue weighted by atomic mass is 79.9. The zero-order chi connectivity index (χ0) is 21.9. The smallest absolute Gasteiger partial charge is 0.242 e. The third-order valence-corrected chi connectivity index (χ3v) is 6.31. The number of anilines is 2. The topological polar surface area (TPSA) is 123 Å². The first-order valence-electron chi connectivity index (χ1n) is 8.96. The Balaban J connectivity index is 1.68. The van der Waals surface area contributed by atoms with Crippen molar-refractivity contribution in [3.63, 3.8) is 0 Å². The molecule has 0 radical (unpaired) electrons. The van der Waals surface area contributed by atoms with Crippen LogP contribution in [0.5, 0.6) is 11.5 Å². The third kappa shape index (κ3) is 5.29. The fourth-order valence-corrected chi connectivity index (χ4v) is 4.30. The molecule has 0 aromatic heterocycles. The minimum atomic E-state index is -3.95. The lowest BCUT2D eigenvalue weighted by Crippen LogP contribution is -2.41. The van der Waals surface area contributed by atoms with Crippen LogP contribution in [-0.2, 0) is 19.6 Å². The molecule has 160 valence electrons. The summed E-state index contributed by atoms with van der Waals surface area (Å²) in [5.74, 6) is 0.236. The van der Waals surface area contributed by atoms with Gasteiger partial charge in [-0.25, -0.2) is 8.42 Å². The average molecular weight is 498 g/mol. The lowest BCUT2D eigenvalue weighted by atomic mass is 10.2. The normalized spacial score (nSPS) is 14.0. The van der Waals surface area contributed by atoms with Crippen molar-refractivity contribution in [3.8, 4) is 11.5 Å². The van der Waals surface area contributed by atoms with Crippen LogP contribution in [0.15, 0.2) is 45.8 Å². The standard InChI is InChI=1S/C19H20BrN3O6S/c1-11(23-30(26,27)14-5-3-13(4-6-14)21-12(2)24)19(25)22-16-10-18-17(9-15(16)20)28-7-8-29-18/h3-6,9-11,23H,7-8H2,1-2H3,(H,21,24)(H,22,25)/t11-/m0/s1. The Morgan fingerprint density at radius 2 is 1.63 bits per heavy atom. The first-order valence-corrected chi connectivity index (χ1v) is 11.2. The van der Waals surface area contributed by atoms with Crippen molar-refractivity contribution in [1.29, 1.82) is 0 Å². The van der Waals surface area contributed by atoms with Gasteiger partial charge in [0.25, 0.3) is 0 Å². The van der Waals surface area contributed by atoms with Gasteiger partial charge in [0.15, 0.2) is 11.5 Å². The van der Waals surface area contributed by atoms with E-state index in [1.807, 2.05) is 0 Å². The molecule has 0 saturated carbocycles. The second-order valence-corrected chi connectivity index (χ2v) is 9.08. The summed E-state index contributed by atoms with van der Waals surface area (Å²) < 4.78 is 39.0. The van der Waals surface area contributed by atoms with Crippen LogP contribution in [0.3, 0.4) is 0 Å². The number of halogens is 1. The molecule has 2 aromatic rings. The number of sulfonamides is 1. The van der Waals surface area contributed by atoms with Crippen LogP contribution in [0.2, 0.25) is 0 Å². The average Bonchev–Trinajstić information content (AvgIpc) is 2.68. The van der Waals surface area contributed by atoms with Crippen molar-refractivity contribution in [1.82, 2.24) is 4.72 Å². The molecular formula is C19H20BrN3O6S. The van der Waals surface area contributed by atoms with E-state index >= 15 is 0 Å². The van der Waals surface area contributed by atoms with Gasteiger partial charge in [-0.2, -0.15) is 4.72 Å². The van der Waals surface area contributed by atoms with Crippen molar-refractivity contribution in [2.24, 2.45) is 0 Å². The number of hydrogen-bond donors (Lipinski definition) is 3. The first-order chi connectivity index (χ1) is 14.2. The number of nitrogens with one attached hydrogen (secondary N) is 3. The predicted molar refractivity (Wildman–Crippen MR) is 114 cm³/mol. The van der Waals surface area contributed by atoms with Crippen LogP contribution in [0.25, 0.3) is 0 Å². The maximum absolute atomic E-state index is 12.6. The molecule has 0 unspecified atom stereocenters. The lowest BCUT2D eigenvalue weighted by Gasteiger charge is -2.21. The van der Waals surface area contributed by atoms with Crippen LogP contribution in [0, 0.1) is 0 Å².